The molecule has 104 valence electrons. The molecule has 19 heavy (non-hydrogen) atoms. The van der Waals surface area contributed by atoms with Crippen LogP contribution in [0.4, 0.5) is 5.82 Å². The minimum atomic E-state index is -3.21. The van der Waals surface area contributed by atoms with Gasteiger partial charge in [-0.2, -0.15) is 0 Å². The fraction of sp³-hybridized carbons (Fsp3) is 0.444. The van der Waals surface area contributed by atoms with Crippen molar-refractivity contribution in [2.24, 2.45) is 0 Å². The van der Waals surface area contributed by atoms with Crippen LogP contribution in [0.25, 0.3) is 11.2 Å². The average Bonchev–Trinajstić information content (AvgIpc) is 2.71. The molecule has 10 heteroatoms. The fourth-order valence-corrected chi connectivity index (χ4v) is 2.34. The van der Waals surface area contributed by atoms with E-state index in [4.69, 9.17) is 33.0 Å². The van der Waals surface area contributed by atoms with Gasteiger partial charge in [0.25, 0.3) is 5.85 Å². The highest BCUT2D eigenvalue weighted by molar-refractivity contribution is 8.08. The van der Waals surface area contributed by atoms with Crippen LogP contribution in [0.3, 0.4) is 0 Å². The summed E-state index contributed by atoms with van der Waals surface area (Å²) in [5, 5.41) is 0. The van der Waals surface area contributed by atoms with Gasteiger partial charge in [-0.15, -0.1) is 0 Å². The average molecular weight is 324 g/mol. The van der Waals surface area contributed by atoms with Crippen molar-refractivity contribution in [1.29, 1.82) is 0 Å². The monoisotopic (exact) mass is 323 g/mol. The molecule has 2 rings (SSSR count). The molecular weight excluding hydrogens is 312 g/mol. The number of anilines is 1. The summed E-state index contributed by atoms with van der Waals surface area (Å²) in [4.78, 5) is 12.1. The number of nitrogens with zero attached hydrogens (tertiary/aromatic N) is 4. The van der Waals surface area contributed by atoms with Gasteiger partial charge >= 0.3 is 0 Å². The Hall–Kier alpha value is -0.880. The van der Waals surface area contributed by atoms with Crippen molar-refractivity contribution in [2.45, 2.75) is 19.6 Å². The second-order valence-electron chi connectivity index (χ2n) is 4.00. The number of hydrogen-bond donors (Lipinski definition) is 1. The molecule has 0 bridgehead atoms. The lowest BCUT2D eigenvalue weighted by Crippen LogP contribution is -2.16. The van der Waals surface area contributed by atoms with Crippen molar-refractivity contribution in [1.82, 2.24) is 19.5 Å². The quantitative estimate of drug-likeness (QED) is 0.849. The molecule has 0 spiro atoms. The van der Waals surface area contributed by atoms with Crippen LogP contribution >= 0.6 is 28.3 Å². The van der Waals surface area contributed by atoms with Crippen LogP contribution in [0.5, 0.6) is 0 Å². The first-order valence-corrected chi connectivity index (χ1v) is 9.08. The summed E-state index contributed by atoms with van der Waals surface area (Å²) in [6.45, 7) is 2.26. The predicted octanol–water partition coefficient (Wildman–Crippen LogP) is 2.44. The third-order valence-electron chi connectivity index (χ3n) is 2.39. The van der Waals surface area contributed by atoms with Crippen LogP contribution < -0.4 is 5.73 Å². The van der Waals surface area contributed by atoms with Gasteiger partial charge in [0.1, 0.15) is 18.2 Å². The van der Waals surface area contributed by atoms with Gasteiger partial charge in [0.15, 0.2) is 11.5 Å². The van der Waals surface area contributed by atoms with E-state index in [0.717, 1.165) is 0 Å². The summed E-state index contributed by atoms with van der Waals surface area (Å²) in [5.74, 6) is -2.89. The number of nitrogens with two attached hydrogens (primary N) is 1. The van der Waals surface area contributed by atoms with Crippen molar-refractivity contribution in [3.63, 3.8) is 0 Å². The molecular formula is C9H12Cl2N5O2P. The number of imidazole rings is 1. The van der Waals surface area contributed by atoms with Gasteiger partial charge in [-0.1, -0.05) is 0 Å². The molecule has 0 saturated carbocycles. The van der Waals surface area contributed by atoms with Gasteiger partial charge in [-0.3, -0.25) is 4.57 Å². The Bertz CT molecular complexity index is 628. The van der Waals surface area contributed by atoms with E-state index in [0.29, 0.717) is 23.5 Å². The van der Waals surface area contributed by atoms with E-state index in [2.05, 4.69) is 15.0 Å². The molecule has 0 aliphatic rings. The first-order valence-electron chi connectivity index (χ1n) is 5.38. The van der Waals surface area contributed by atoms with E-state index >= 15 is 0 Å². The normalized spacial score (nSPS) is 13.8. The molecule has 0 radical (unpaired) electrons. The molecule has 7 nitrogen and oxygen atoms in total. The van der Waals surface area contributed by atoms with Gasteiger partial charge in [0.2, 0.25) is 0 Å². The highest BCUT2D eigenvalue weighted by Gasteiger charge is 2.17. The van der Waals surface area contributed by atoms with Crippen molar-refractivity contribution in [3.8, 4) is 0 Å². The van der Waals surface area contributed by atoms with Crippen molar-refractivity contribution in [2.75, 3.05) is 12.1 Å². The Kier molecular flexibility index (Phi) is 4.30. The smallest absolute Gasteiger partial charge is 0.277 e. The zero-order valence-corrected chi connectivity index (χ0v) is 12.4. The fourth-order valence-electron chi connectivity index (χ4n) is 1.58. The van der Waals surface area contributed by atoms with Crippen LogP contribution in [0, 0.1) is 0 Å². The Morgan fingerprint density at radius 3 is 2.89 bits per heavy atom. The zero-order valence-electron chi connectivity index (χ0n) is 10.0. The second-order valence-corrected chi connectivity index (χ2v) is 9.20. The maximum Gasteiger partial charge on any atom is 0.277 e. The summed E-state index contributed by atoms with van der Waals surface area (Å²) in [5.41, 5.74) is 6.84. The van der Waals surface area contributed by atoms with Crippen LogP contribution in [-0.4, -0.2) is 32.0 Å². The van der Waals surface area contributed by atoms with Crippen molar-refractivity contribution >= 4 is 45.3 Å². The van der Waals surface area contributed by atoms with Crippen LogP contribution in [0.2, 0.25) is 0 Å². The largest absolute Gasteiger partial charge is 0.382 e. The molecule has 0 saturated heterocycles. The standard InChI is InChI=1S/C9H12Cl2N5O2P/c1-6(18-5-19(10,11)17)2-16-4-15-7-8(12)13-3-14-9(7)16/h3-4,6H,2,5H2,1H3,(H2,12,13,14). The van der Waals surface area contributed by atoms with Crippen LogP contribution in [0.1, 0.15) is 6.92 Å². The number of ether oxygens (including phenoxy) is 1. The maximum absolute atomic E-state index is 11.1. The third kappa shape index (κ3) is 3.79. The molecule has 0 amide bonds. The lowest BCUT2D eigenvalue weighted by atomic mass is 10.4. The maximum atomic E-state index is 11.1. The Morgan fingerprint density at radius 1 is 1.47 bits per heavy atom. The predicted molar refractivity (Wildman–Crippen MR) is 74.5 cm³/mol. The van der Waals surface area contributed by atoms with Gasteiger partial charge in [0.05, 0.1) is 19.0 Å². The number of nitrogen functional groups attached to an aromatic ring is 1. The van der Waals surface area contributed by atoms with Crippen molar-refractivity contribution < 1.29 is 9.30 Å². The van der Waals surface area contributed by atoms with Crippen LogP contribution in [0.15, 0.2) is 12.7 Å². The first-order chi connectivity index (χ1) is 8.87. The lowest BCUT2D eigenvalue weighted by Gasteiger charge is -2.14. The molecule has 1 unspecified atom stereocenters. The summed E-state index contributed by atoms with van der Waals surface area (Å²) in [6, 6.07) is 0. The summed E-state index contributed by atoms with van der Waals surface area (Å²) in [7, 11) is 0. The summed E-state index contributed by atoms with van der Waals surface area (Å²) in [6.07, 6.45) is 2.52. The minimum Gasteiger partial charge on any atom is -0.382 e. The number of aromatic nitrogens is 4. The molecule has 2 N–H and O–H groups in total. The SMILES string of the molecule is CC(Cn1cnc2c(N)ncnc21)OCP(=O)(Cl)Cl. The van der Waals surface area contributed by atoms with Gasteiger partial charge in [-0.25, -0.2) is 15.0 Å². The number of fused-ring (bicyclic) bond motifs is 1. The first kappa shape index (κ1) is 14.5. The zero-order chi connectivity index (χ0) is 14.0. The van der Waals surface area contributed by atoms with E-state index in [1.165, 1.54) is 6.33 Å². The molecule has 2 aromatic rings. The minimum absolute atomic E-state index is 0.193. The Morgan fingerprint density at radius 2 is 2.21 bits per heavy atom. The van der Waals surface area contributed by atoms with E-state index in [9.17, 15) is 4.57 Å². The van der Waals surface area contributed by atoms with Gasteiger partial charge in [0, 0.05) is 0 Å². The number of hydrogen-bond acceptors (Lipinski definition) is 6. The van der Waals surface area contributed by atoms with E-state index in [1.807, 2.05) is 0 Å². The number of halogens is 2. The highest BCUT2D eigenvalue weighted by atomic mass is 35.9. The Balaban J connectivity index is 2.09. The molecule has 0 aliphatic carbocycles. The van der Waals surface area contributed by atoms with E-state index in [1.54, 1.807) is 17.8 Å². The third-order valence-corrected chi connectivity index (χ3v) is 3.43. The van der Waals surface area contributed by atoms with Crippen molar-refractivity contribution in [3.05, 3.63) is 12.7 Å². The molecule has 2 heterocycles. The van der Waals surface area contributed by atoms with Crippen LogP contribution in [-0.2, 0) is 15.8 Å². The van der Waals surface area contributed by atoms with Gasteiger partial charge < -0.3 is 15.0 Å². The summed E-state index contributed by atoms with van der Waals surface area (Å²) < 4.78 is 18.2. The highest BCUT2D eigenvalue weighted by Crippen LogP contribution is 2.56. The number of rotatable bonds is 5. The molecule has 0 aromatic carbocycles. The topological polar surface area (TPSA) is 95.9 Å². The molecule has 0 aliphatic heterocycles. The van der Waals surface area contributed by atoms with E-state index < -0.39 is 5.85 Å². The second kappa shape index (κ2) is 5.63. The molecule has 2 aromatic heterocycles. The Labute approximate surface area is 119 Å². The molecule has 0 fully saturated rings. The summed E-state index contributed by atoms with van der Waals surface area (Å²) >= 11 is 10.8. The van der Waals surface area contributed by atoms with E-state index in [-0.39, 0.29) is 12.5 Å². The lowest BCUT2D eigenvalue weighted by molar-refractivity contribution is 0.0884. The van der Waals surface area contributed by atoms with Gasteiger partial charge in [-0.05, 0) is 29.4 Å². The molecule has 1 atom stereocenters.